The Bertz CT molecular complexity index is 484. The summed E-state index contributed by atoms with van der Waals surface area (Å²) in [6, 6.07) is 5.57. The van der Waals surface area contributed by atoms with Gasteiger partial charge in [0.05, 0.1) is 6.54 Å². The van der Waals surface area contributed by atoms with Crippen LogP contribution in [0.15, 0.2) is 18.2 Å². The Morgan fingerprint density at radius 3 is 2.72 bits per heavy atom. The van der Waals surface area contributed by atoms with Gasteiger partial charge in [0.1, 0.15) is 0 Å². The molecule has 1 aromatic rings. The highest BCUT2D eigenvalue weighted by atomic mass is 16.2. The number of rotatable bonds is 2. The van der Waals surface area contributed by atoms with E-state index < -0.39 is 0 Å². The van der Waals surface area contributed by atoms with Crippen molar-refractivity contribution in [1.82, 2.24) is 5.32 Å². The minimum atomic E-state index is -0.215. The molecule has 2 amide bonds. The number of amides is 2. The lowest BCUT2D eigenvalue weighted by Crippen LogP contribution is -2.34. The summed E-state index contributed by atoms with van der Waals surface area (Å²) in [5.41, 5.74) is 7.95. The SMILES string of the molecule is Cc1cc(C#CCN)cc(NC(=O)NC(C)C)c1. The molecule has 0 radical (unpaired) electrons. The quantitative estimate of drug-likeness (QED) is 0.696. The maximum atomic E-state index is 11.6. The van der Waals surface area contributed by atoms with Crippen LogP contribution in [-0.2, 0) is 0 Å². The normalized spacial score (nSPS) is 9.61. The Kier molecular flexibility index (Phi) is 5.22. The zero-order chi connectivity index (χ0) is 13.5. The minimum absolute atomic E-state index is 0.103. The molecule has 0 heterocycles. The Morgan fingerprint density at radius 2 is 2.11 bits per heavy atom. The van der Waals surface area contributed by atoms with Gasteiger partial charge in [-0.25, -0.2) is 4.79 Å². The molecule has 4 heteroatoms. The second-order valence-electron chi connectivity index (χ2n) is 4.35. The standard InChI is InChI=1S/C14H19N3O/c1-10(2)16-14(18)17-13-8-11(3)7-12(9-13)5-4-6-15/h7-10H,6,15H2,1-3H3,(H2,16,17,18). The lowest BCUT2D eigenvalue weighted by molar-refractivity contribution is 0.250. The molecule has 0 aromatic heterocycles. The molecule has 0 bridgehead atoms. The third-order valence-electron chi connectivity index (χ3n) is 2.09. The van der Waals surface area contributed by atoms with E-state index in [2.05, 4.69) is 22.5 Å². The summed E-state index contributed by atoms with van der Waals surface area (Å²) >= 11 is 0. The van der Waals surface area contributed by atoms with E-state index in [1.54, 1.807) is 0 Å². The predicted octanol–water partition coefficient (Wildman–Crippen LogP) is 1.84. The lowest BCUT2D eigenvalue weighted by atomic mass is 10.1. The number of hydrogen-bond donors (Lipinski definition) is 3. The van der Waals surface area contributed by atoms with E-state index in [1.807, 2.05) is 39.0 Å². The van der Waals surface area contributed by atoms with Gasteiger partial charge in [0.2, 0.25) is 0 Å². The number of urea groups is 1. The van der Waals surface area contributed by atoms with Crippen molar-refractivity contribution >= 4 is 11.7 Å². The van der Waals surface area contributed by atoms with Crippen molar-refractivity contribution in [1.29, 1.82) is 0 Å². The van der Waals surface area contributed by atoms with E-state index in [0.29, 0.717) is 6.54 Å². The largest absolute Gasteiger partial charge is 0.336 e. The number of nitrogens with two attached hydrogens (primary N) is 1. The Morgan fingerprint density at radius 1 is 1.39 bits per heavy atom. The summed E-state index contributed by atoms with van der Waals surface area (Å²) in [6.45, 7) is 6.10. The van der Waals surface area contributed by atoms with Gasteiger partial charge in [-0.05, 0) is 44.5 Å². The number of hydrogen-bond acceptors (Lipinski definition) is 2. The topological polar surface area (TPSA) is 67.1 Å². The number of aryl methyl sites for hydroxylation is 1. The van der Waals surface area contributed by atoms with Gasteiger partial charge >= 0.3 is 6.03 Å². The third kappa shape index (κ3) is 4.89. The van der Waals surface area contributed by atoms with Crippen molar-refractivity contribution < 1.29 is 4.79 Å². The van der Waals surface area contributed by atoms with Gasteiger partial charge in [-0.3, -0.25) is 0 Å². The first-order chi connectivity index (χ1) is 8.51. The van der Waals surface area contributed by atoms with Crippen molar-refractivity contribution in [2.24, 2.45) is 5.73 Å². The molecular weight excluding hydrogens is 226 g/mol. The molecule has 0 spiro atoms. The molecule has 0 unspecified atom stereocenters. The van der Waals surface area contributed by atoms with Crippen LogP contribution in [0.1, 0.15) is 25.0 Å². The van der Waals surface area contributed by atoms with E-state index in [1.165, 1.54) is 0 Å². The van der Waals surface area contributed by atoms with Crippen LogP contribution in [0.4, 0.5) is 10.5 Å². The Labute approximate surface area is 108 Å². The minimum Gasteiger partial charge on any atom is -0.336 e. The third-order valence-corrected chi connectivity index (χ3v) is 2.09. The van der Waals surface area contributed by atoms with Crippen LogP contribution in [0.25, 0.3) is 0 Å². The van der Waals surface area contributed by atoms with Crippen molar-refractivity contribution in [3.05, 3.63) is 29.3 Å². The monoisotopic (exact) mass is 245 g/mol. The summed E-state index contributed by atoms with van der Waals surface area (Å²) in [5, 5.41) is 5.55. The highest BCUT2D eigenvalue weighted by molar-refractivity contribution is 5.89. The highest BCUT2D eigenvalue weighted by Crippen LogP contribution is 2.13. The zero-order valence-electron chi connectivity index (χ0n) is 11.0. The van der Waals surface area contributed by atoms with E-state index in [4.69, 9.17) is 5.73 Å². The summed E-state index contributed by atoms with van der Waals surface area (Å²) in [7, 11) is 0. The summed E-state index contributed by atoms with van der Waals surface area (Å²) in [6.07, 6.45) is 0. The molecule has 0 fully saturated rings. The van der Waals surface area contributed by atoms with E-state index in [-0.39, 0.29) is 12.1 Å². The van der Waals surface area contributed by atoms with Gasteiger partial charge in [-0.15, -0.1) is 0 Å². The lowest BCUT2D eigenvalue weighted by Gasteiger charge is -2.11. The number of anilines is 1. The van der Waals surface area contributed by atoms with Crippen molar-refractivity contribution in [2.75, 3.05) is 11.9 Å². The predicted molar refractivity (Wildman–Crippen MR) is 74.4 cm³/mol. The fourth-order valence-electron chi connectivity index (χ4n) is 1.51. The van der Waals surface area contributed by atoms with Crippen molar-refractivity contribution in [3.8, 4) is 11.8 Å². The summed E-state index contributed by atoms with van der Waals surface area (Å²) in [4.78, 5) is 11.6. The number of carbonyl (C=O) groups excluding carboxylic acids is 1. The van der Waals surface area contributed by atoms with Crippen LogP contribution >= 0.6 is 0 Å². The van der Waals surface area contributed by atoms with Crippen LogP contribution < -0.4 is 16.4 Å². The first kappa shape index (κ1) is 14.1. The molecule has 0 saturated carbocycles. The molecule has 1 rings (SSSR count). The van der Waals surface area contributed by atoms with E-state index in [9.17, 15) is 4.79 Å². The molecular formula is C14H19N3O. The molecule has 4 nitrogen and oxygen atoms in total. The van der Waals surface area contributed by atoms with Gasteiger partial charge in [-0.1, -0.05) is 11.8 Å². The van der Waals surface area contributed by atoms with Gasteiger partial charge in [0, 0.05) is 17.3 Å². The number of nitrogens with one attached hydrogen (secondary N) is 2. The fraction of sp³-hybridized carbons (Fsp3) is 0.357. The van der Waals surface area contributed by atoms with Crippen molar-refractivity contribution in [2.45, 2.75) is 26.8 Å². The van der Waals surface area contributed by atoms with Crippen molar-refractivity contribution in [3.63, 3.8) is 0 Å². The first-order valence-corrected chi connectivity index (χ1v) is 5.89. The fourth-order valence-corrected chi connectivity index (χ4v) is 1.51. The number of benzene rings is 1. The molecule has 18 heavy (non-hydrogen) atoms. The average Bonchev–Trinajstić information content (AvgIpc) is 2.24. The van der Waals surface area contributed by atoms with Gasteiger partial charge in [-0.2, -0.15) is 0 Å². The van der Waals surface area contributed by atoms with Crippen LogP contribution in [0.3, 0.4) is 0 Å². The molecule has 1 aromatic carbocycles. The molecule has 0 aliphatic heterocycles. The molecule has 0 aliphatic rings. The molecule has 0 aliphatic carbocycles. The number of carbonyl (C=O) groups is 1. The molecule has 96 valence electrons. The van der Waals surface area contributed by atoms with E-state index >= 15 is 0 Å². The maximum absolute atomic E-state index is 11.6. The Balaban J connectivity index is 2.83. The second-order valence-corrected chi connectivity index (χ2v) is 4.35. The van der Waals surface area contributed by atoms with E-state index in [0.717, 1.165) is 16.8 Å². The van der Waals surface area contributed by atoms with Crippen LogP contribution in [0.5, 0.6) is 0 Å². The zero-order valence-corrected chi connectivity index (χ0v) is 11.0. The van der Waals surface area contributed by atoms with Gasteiger partial charge in [0.15, 0.2) is 0 Å². The van der Waals surface area contributed by atoms with Crippen LogP contribution in [0, 0.1) is 18.8 Å². The average molecular weight is 245 g/mol. The highest BCUT2D eigenvalue weighted by Gasteiger charge is 2.04. The Hall–Kier alpha value is -1.99. The summed E-state index contributed by atoms with van der Waals surface area (Å²) in [5.74, 6) is 5.75. The smallest absolute Gasteiger partial charge is 0.319 e. The van der Waals surface area contributed by atoms with Crippen LogP contribution in [0.2, 0.25) is 0 Å². The second kappa shape index (κ2) is 6.67. The molecule has 4 N–H and O–H groups in total. The molecule has 0 saturated heterocycles. The van der Waals surface area contributed by atoms with Gasteiger partial charge in [0.25, 0.3) is 0 Å². The first-order valence-electron chi connectivity index (χ1n) is 5.89. The summed E-state index contributed by atoms with van der Waals surface area (Å²) < 4.78 is 0. The molecule has 0 atom stereocenters. The van der Waals surface area contributed by atoms with Gasteiger partial charge < -0.3 is 16.4 Å². The van der Waals surface area contributed by atoms with Crippen LogP contribution in [-0.4, -0.2) is 18.6 Å². The maximum Gasteiger partial charge on any atom is 0.319 e.